The van der Waals surface area contributed by atoms with Crippen LogP contribution in [0.4, 0.5) is 0 Å². The molecule has 6 nitrogen and oxygen atoms in total. The van der Waals surface area contributed by atoms with Crippen LogP contribution in [0.3, 0.4) is 0 Å². The number of carbonyl (C=O) groups excluding carboxylic acids is 1. The van der Waals surface area contributed by atoms with Crippen LogP contribution in [0.1, 0.15) is 62.7 Å². The van der Waals surface area contributed by atoms with Gasteiger partial charge in [0.05, 0.1) is 11.0 Å². The number of hydrogen-bond donors (Lipinski definition) is 1. The Kier molecular flexibility index (Phi) is 8.26. The second kappa shape index (κ2) is 10.2. The van der Waals surface area contributed by atoms with Crippen LogP contribution >= 0.6 is 0 Å². The molecule has 152 valence electrons. The van der Waals surface area contributed by atoms with Crippen molar-refractivity contribution in [2.45, 2.75) is 69.4 Å². The van der Waals surface area contributed by atoms with Crippen molar-refractivity contribution in [3.05, 3.63) is 29.8 Å². The van der Waals surface area contributed by atoms with E-state index in [-0.39, 0.29) is 22.9 Å². The maximum absolute atomic E-state index is 12.8. The topological polar surface area (TPSA) is 75.7 Å². The molecule has 1 aromatic rings. The van der Waals surface area contributed by atoms with Gasteiger partial charge in [0.15, 0.2) is 0 Å². The average molecular weight is 397 g/mol. The smallest absolute Gasteiger partial charge is 0.251 e. The molecule has 0 spiro atoms. The number of nitrogens with zero attached hydrogens (tertiary/aromatic N) is 1. The zero-order valence-corrected chi connectivity index (χ0v) is 17.4. The highest BCUT2D eigenvalue weighted by atomic mass is 32.2. The summed E-state index contributed by atoms with van der Waals surface area (Å²) >= 11 is 0. The zero-order valence-electron chi connectivity index (χ0n) is 16.6. The van der Waals surface area contributed by atoms with E-state index in [1.165, 1.54) is 22.9 Å². The Labute approximate surface area is 163 Å². The van der Waals surface area contributed by atoms with E-state index in [1.807, 2.05) is 13.8 Å². The Hall–Kier alpha value is -1.44. The summed E-state index contributed by atoms with van der Waals surface area (Å²) < 4.78 is 32.6. The van der Waals surface area contributed by atoms with Crippen molar-refractivity contribution in [1.82, 2.24) is 9.62 Å². The third kappa shape index (κ3) is 6.30. The number of ether oxygens (including phenoxy) is 1. The van der Waals surface area contributed by atoms with Crippen LogP contribution < -0.4 is 5.32 Å². The normalized spacial score (nSPS) is 16.0. The quantitative estimate of drug-likeness (QED) is 0.651. The molecule has 0 unspecified atom stereocenters. The van der Waals surface area contributed by atoms with Gasteiger partial charge < -0.3 is 10.1 Å². The molecule has 1 amide bonds. The summed E-state index contributed by atoms with van der Waals surface area (Å²) in [4.78, 5) is 12.4. The summed E-state index contributed by atoms with van der Waals surface area (Å²) in [6, 6.07) is 6.25. The molecule has 0 heterocycles. The van der Waals surface area contributed by atoms with Gasteiger partial charge in [-0.3, -0.25) is 4.79 Å². The van der Waals surface area contributed by atoms with Gasteiger partial charge >= 0.3 is 0 Å². The van der Waals surface area contributed by atoms with E-state index in [0.29, 0.717) is 18.7 Å². The SMILES string of the molecule is CC(C)OCCCNC(=O)c1ccc(S(=O)(=O)N(C)C2CCCCC2)cc1. The lowest BCUT2D eigenvalue weighted by molar-refractivity contribution is 0.0757. The first-order valence-corrected chi connectivity index (χ1v) is 11.2. The van der Waals surface area contributed by atoms with Crippen LogP contribution in [0, 0.1) is 0 Å². The summed E-state index contributed by atoms with van der Waals surface area (Å²) in [5, 5.41) is 2.83. The summed E-state index contributed by atoms with van der Waals surface area (Å²) in [6.45, 7) is 5.07. The minimum atomic E-state index is -3.53. The molecule has 7 heteroatoms. The molecule has 0 aromatic heterocycles. The highest BCUT2D eigenvalue weighted by Gasteiger charge is 2.29. The molecule has 0 radical (unpaired) electrons. The fourth-order valence-electron chi connectivity index (χ4n) is 3.28. The van der Waals surface area contributed by atoms with Gasteiger partial charge in [0.25, 0.3) is 5.91 Å². The van der Waals surface area contributed by atoms with E-state index in [4.69, 9.17) is 4.74 Å². The van der Waals surface area contributed by atoms with Gasteiger partial charge in [-0.1, -0.05) is 19.3 Å². The van der Waals surface area contributed by atoms with Crippen LogP contribution in [-0.2, 0) is 14.8 Å². The Morgan fingerprint density at radius 2 is 1.81 bits per heavy atom. The minimum Gasteiger partial charge on any atom is -0.379 e. The van der Waals surface area contributed by atoms with Gasteiger partial charge in [-0.2, -0.15) is 4.31 Å². The molecule has 0 atom stereocenters. The van der Waals surface area contributed by atoms with E-state index in [2.05, 4.69) is 5.32 Å². The summed E-state index contributed by atoms with van der Waals surface area (Å²) in [5.41, 5.74) is 0.457. The number of amides is 1. The van der Waals surface area contributed by atoms with Crippen molar-refractivity contribution >= 4 is 15.9 Å². The van der Waals surface area contributed by atoms with Gasteiger partial charge in [0, 0.05) is 31.8 Å². The number of nitrogens with one attached hydrogen (secondary N) is 1. The van der Waals surface area contributed by atoms with Crippen molar-refractivity contribution in [3.63, 3.8) is 0 Å². The maximum Gasteiger partial charge on any atom is 0.251 e. The van der Waals surface area contributed by atoms with Crippen molar-refractivity contribution < 1.29 is 17.9 Å². The summed E-state index contributed by atoms with van der Waals surface area (Å²) in [5.74, 6) is -0.205. The molecule has 2 rings (SSSR count). The zero-order chi connectivity index (χ0) is 19.9. The minimum absolute atomic E-state index is 0.0692. The highest BCUT2D eigenvalue weighted by molar-refractivity contribution is 7.89. The lowest BCUT2D eigenvalue weighted by Gasteiger charge is -2.30. The summed E-state index contributed by atoms with van der Waals surface area (Å²) in [6.07, 6.45) is 6.08. The molecule has 1 aliphatic carbocycles. The Bertz CT molecular complexity index is 695. The fraction of sp³-hybridized carbons (Fsp3) is 0.650. The maximum atomic E-state index is 12.8. The van der Waals surface area contributed by atoms with Gasteiger partial charge in [0.2, 0.25) is 10.0 Å². The predicted octanol–water partition coefficient (Wildman–Crippen LogP) is 3.18. The standard InChI is InChI=1S/C20H32N2O4S/c1-16(2)26-15-7-14-21-20(23)17-10-12-19(13-11-17)27(24,25)22(3)18-8-5-4-6-9-18/h10-13,16,18H,4-9,14-15H2,1-3H3,(H,21,23). The monoisotopic (exact) mass is 396 g/mol. The number of benzene rings is 1. The number of rotatable bonds is 9. The molecular weight excluding hydrogens is 364 g/mol. The van der Waals surface area contributed by atoms with Crippen LogP contribution in [-0.4, -0.2) is 51.0 Å². The van der Waals surface area contributed by atoms with Gasteiger partial charge in [-0.25, -0.2) is 8.42 Å². The molecule has 0 aliphatic heterocycles. The largest absolute Gasteiger partial charge is 0.379 e. The van der Waals surface area contributed by atoms with Gasteiger partial charge in [-0.05, 0) is 57.4 Å². The van der Waals surface area contributed by atoms with Crippen molar-refractivity contribution in [3.8, 4) is 0 Å². The first kappa shape index (κ1) is 21.9. The second-order valence-corrected chi connectivity index (χ2v) is 9.36. The number of hydrogen-bond acceptors (Lipinski definition) is 4. The Balaban J connectivity index is 1.92. The van der Waals surface area contributed by atoms with Crippen molar-refractivity contribution in [2.24, 2.45) is 0 Å². The first-order chi connectivity index (χ1) is 12.8. The molecule has 1 saturated carbocycles. The Morgan fingerprint density at radius 3 is 2.41 bits per heavy atom. The Morgan fingerprint density at radius 1 is 1.19 bits per heavy atom. The molecular formula is C20H32N2O4S. The van der Waals surface area contributed by atoms with E-state index < -0.39 is 10.0 Å². The van der Waals surface area contributed by atoms with Gasteiger partial charge in [-0.15, -0.1) is 0 Å². The number of sulfonamides is 1. The first-order valence-electron chi connectivity index (χ1n) is 9.80. The second-order valence-electron chi connectivity index (χ2n) is 7.37. The molecule has 0 bridgehead atoms. The molecule has 27 heavy (non-hydrogen) atoms. The van der Waals surface area contributed by atoms with E-state index in [9.17, 15) is 13.2 Å². The lowest BCUT2D eigenvalue weighted by atomic mass is 9.96. The van der Waals surface area contributed by atoms with Crippen LogP contribution in [0.5, 0.6) is 0 Å². The third-order valence-corrected chi connectivity index (χ3v) is 6.86. The van der Waals surface area contributed by atoms with Crippen molar-refractivity contribution in [1.29, 1.82) is 0 Å². The van der Waals surface area contributed by atoms with Crippen molar-refractivity contribution in [2.75, 3.05) is 20.2 Å². The lowest BCUT2D eigenvalue weighted by Crippen LogP contribution is -2.38. The average Bonchev–Trinajstić information content (AvgIpc) is 2.67. The predicted molar refractivity (Wildman–Crippen MR) is 106 cm³/mol. The molecule has 1 N–H and O–H groups in total. The molecule has 1 aliphatic rings. The highest BCUT2D eigenvalue weighted by Crippen LogP contribution is 2.26. The van der Waals surface area contributed by atoms with Crippen LogP contribution in [0.2, 0.25) is 0 Å². The fourth-order valence-corrected chi connectivity index (χ4v) is 4.70. The number of carbonyl (C=O) groups is 1. The van der Waals surface area contributed by atoms with Crippen LogP contribution in [0.25, 0.3) is 0 Å². The van der Waals surface area contributed by atoms with Gasteiger partial charge in [0.1, 0.15) is 0 Å². The summed E-state index contributed by atoms with van der Waals surface area (Å²) in [7, 11) is -1.87. The molecule has 1 fully saturated rings. The van der Waals surface area contributed by atoms with E-state index in [1.54, 1.807) is 19.2 Å². The van der Waals surface area contributed by atoms with E-state index in [0.717, 1.165) is 32.1 Å². The molecule has 1 aromatic carbocycles. The molecule has 0 saturated heterocycles. The third-order valence-electron chi connectivity index (χ3n) is 4.94. The van der Waals surface area contributed by atoms with E-state index >= 15 is 0 Å². The van der Waals surface area contributed by atoms with Crippen LogP contribution in [0.15, 0.2) is 29.2 Å².